The number of aliphatic hydroxyl groups is 1. The maximum atomic E-state index is 9.60. The Morgan fingerprint density at radius 1 is 1.56 bits per heavy atom. The number of β-amino-alcohol motifs (C(OH)–C–C–N with tert-alkyl or cyclic N) is 1. The van der Waals surface area contributed by atoms with Gasteiger partial charge in [0.2, 0.25) is 0 Å². The lowest BCUT2D eigenvalue weighted by molar-refractivity contribution is 0.0656. The van der Waals surface area contributed by atoms with Crippen molar-refractivity contribution in [3.63, 3.8) is 0 Å². The summed E-state index contributed by atoms with van der Waals surface area (Å²) in [7, 11) is 1.91. The molecule has 1 saturated heterocycles. The van der Waals surface area contributed by atoms with Gasteiger partial charge in [-0.15, -0.1) is 0 Å². The zero-order chi connectivity index (χ0) is 11.7. The molecule has 0 aliphatic carbocycles. The third kappa shape index (κ3) is 2.39. The van der Waals surface area contributed by atoms with Gasteiger partial charge in [0, 0.05) is 20.1 Å². The van der Waals surface area contributed by atoms with Crippen LogP contribution in [0.15, 0.2) is 0 Å². The van der Waals surface area contributed by atoms with E-state index in [-0.39, 0.29) is 6.10 Å². The molecule has 2 heterocycles. The Hall–Kier alpha value is -0.580. The van der Waals surface area contributed by atoms with Crippen molar-refractivity contribution in [2.75, 3.05) is 13.1 Å². The minimum Gasteiger partial charge on any atom is -0.392 e. The molecule has 0 aromatic carbocycles. The first-order valence-corrected chi connectivity index (χ1v) is 6.04. The van der Waals surface area contributed by atoms with E-state index in [2.05, 4.69) is 10.00 Å². The highest BCUT2D eigenvalue weighted by Gasteiger charge is 2.20. The summed E-state index contributed by atoms with van der Waals surface area (Å²) in [6.45, 7) is 4.45. The Balaban J connectivity index is 2.08. The molecule has 1 atom stereocenters. The van der Waals surface area contributed by atoms with Crippen LogP contribution in [0.5, 0.6) is 0 Å². The van der Waals surface area contributed by atoms with E-state index in [0.717, 1.165) is 48.9 Å². The van der Waals surface area contributed by atoms with E-state index in [1.165, 1.54) is 0 Å². The zero-order valence-electron chi connectivity index (χ0n) is 9.78. The van der Waals surface area contributed by atoms with Crippen LogP contribution in [0.3, 0.4) is 0 Å². The standard InChI is InChI=1S/C11H18ClN3O/c1-8-11(12)10(14(2)13-8)7-15-5-3-4-9(16)6-15/h9,16H,3-7H2,1-2H3. The number of nitrogens with zero attached hydrogens (tertiary/aromatic N) is 3. The first kappa shape index (κ1) is 11.9. The second kappa shape index (κ2) is 4.73. The summed E-state index contributed by atoms with van der Waals surface area (Å²) in [5.74, 6) is 0. The molecule has 0 amide bonds. The van der Waals surface area contributed by atoms with E-state index < -0.39 is 0 Å². The van der Waals surface area contributed by atoms with Gasteiger partial charge in [0.1, 0.15) is 0 Å². The Morgan fingerprint density at radius 3 is 2.88 bits per heavy atom. The van der Waals surface area contributed by atoms with Gasteiger partial charge in [-0.05, 0) is 26.3 Å². The second-order valence-corrected chi connectivity index (χ2v) is 4.88. The number of piperidine rings is 1. The Morgan fingerprint density at radius 2 is 2.31 bits per heavy atom. The molecule has 1 aliphatic heterocycles. The molecular weight excluding hydrogens is 226 g/mol. The number of halogens is 1. The van der Waals surface area contributed by atoms with Crippen molar-refractivity contribution >= 4 is 11.6 Å². The lowest BCUT2D eigenvalue weighted by Crippen LogP contribution is -2.38. The van der Waals surface area contributed by atoms with Gasteiger partial charge in [-0.2, -0.15) is 5.10 Å². The maximum absolute atomic E-state index is 9.60. The Labute approximate surface area is 101 Å². The van der Waals surface area contributed by atoms with Gasteiger partial charge in [0.15, 0.2) is 0 Å². The molecule has 4 nitrogen and oxygen atoms in total. The van der Waals surface area contributed by atoms with Crippen LogP contribution >= 0.6 is 11.6 Å². The Bertz CT molecular complexity index is 378. The highest BCUT2D eigenvalue weighted by Crippen LogP contribution is 2.22. The minimum atomic E-state index is -0.193. The molecule has 0 bridgehead atoms. The summed E-state index contributed by atoms with van der Waals surface area (Å²) in [6.07, 6.45) is 1.77. The molecule has 1 aromatic heterocycles. The molecule has 0 spiro atoms. The summed E-state index contributed by atoms with van der Waals surface area (Å²) in [5, 5.41) is 14.6. The fraction of sp³-hybridized carbons (Fsp3) is 0.727. The van der Waals surface area contributed by atoms with Crippen molar-refractivity contribution < 1.29 is 5.11 Å². The van der Waals surface area contributed by atoms with Crippen LogP contribution in [0.25, 0.3) is 0 Å². The van der Waals surface area contributed by atoms with Crippen LogP contribution in [0.4, 0.5) is 0 Å². The average molecular weight is 244 g/mol. The van der Waals surface area contributed by atoms with E-state index in [9.17, 15) is 5.11 Å². The quantitative estimate of drug-likeness (QED) is 0.852. The van der Waals surface area contributed by atoms with E-state index in [4.69, 9.17) is 11.6 Å². The van der Waals surface area contributed by atoms with Crippen molar-refractivity contribution in [1.82, 2.24) is 14.7 Å². The summed E-state index contributed by atoms with van der Waals surface area (Å²) < 4.78 is 1.83. The monoisotopic (exact) mass is 243 g/mol. The van der Waals surface area contributed by atoms with Gasteiger partial charge >= 0.3 is 0 Å². The van der Waals surface area contributed by atoms with Crippen LogP contribution in [0.1, 0.15) is 24.2 Å². The van der Waals surface area contributed by atoms with E-state index in [1.807, 2.05) is 18.7 Å². The molecule has 0 saturated carbocycles. The summed E-state index contributed by atoms with van der Waals surface area (Å²) in [6, 6.07) is 0. The number of hydrogen-bond acceptors (Lipinski definition) is 3. The zero-order valence-corrected chi connectivity index (χ0v) is 10.5. The van der Waals surface area contributed by atoms with Crippen molar-refractivity contribution in [2.24, 2.45) is 7.05 Å². The van der Waals surface area contributed by atoms with E-state index in [0.29, 0.717) is 0 Å². The van der Waals surface area contributed by atoms with Crippen LogP contribution < -0.4 is 0 Å². The van der Waals surface area contributed by atoms with Crippen molar-refractivity contribution in [3.05, 3.63) is 16.4 Å². The average Bonchev–Trinajstić information content (AvgIpc) is 2.45. The van der Waals surface area contributed by atoms with Gasteiger partial charge in [-0.1, -0.05) is 11.6 Å². The molecular formula is C11H18ClN3O. The largest absolute Gasteiger partial charge is 0.392 e. The summed E-state index contributed by atoms with van der Waals surface area (Å²) in [5.41, 5.74) is 1.91. The molecule has 2 rings (SSSR count). The highest BCUT2D eigenvalue weighted by atomic mass is 35.5. The molecule has 1 unspecified atom stereocenters. The summed E-state index contributed by atoms with van der Waals surface area (Å²) in [4.78, 5) is 2.23. The Kier molecular flexibility index (Phi) is 3.52. The SMILES string of the molecule is Cc1nn(C)c(CN2CCCC(O)C2)c1Cl. The molecule has 1 N–H and O–H groups in total. The summed E-state index contributed by atoms with van der Waals surface area (Å²) >= 11 is 6.20. The molecule has 5 heteroatoms. The third-order valence-electron chi connectivity index (χ3n) is 3.12. The van der Waals surface area contributed by atoms with Crippen LogP contribution in [-0.4, -0.2) is 39.0 Å². The van der Waals surface area contributed by atoms with E-state index >= 15 is 0 Å². The number of aliphatic hydroxyl groups excluding tert-OH is 1. The van der Waals surface area contributed by atoms with Gasteiger partial charge in [-0.3, -0.25) is 9.58 Å². The topological polar surface area (TPSA) is 41.3 Å². The number of hydrogen-bond donors (Lipinski definition) is 1. The molecule has 1 aliphatic rings. The lowest BCUT2D eigenvalue weighted by Gasteiger charge is -2.29. The first-order chi connectivity index (χ1) is 7.58. The van der Waals surface area contributed by atoms with Crippen LogP contribution in [0.2, 0.25) is 5.02 Å². The van der Waals surface area contributed by atoms with Gasteiger partial charge in [0.05, 0.1) is 22.5 Å². The predicted octanol–water partition coefficient (Wildman–Crippen LogP) is 1.34. The fourth-order valence-corrected chi connectivity index (χ4v) is 2.46. The predicted molar refractivity (Wildman–Crippen MR) is 63.5 cm³/mol. The molecule has 1 aromatic rings. The molecule has 90 valence electrons. The smallest absolute Gasteiger partial charge is 0.0860 e. The van der Waals surface area contributed by atoms with Crippen molar-refractivity contribution in [1.29, 1.82) is 0 Å². The molecule has 0 radical (unpaired) electrons. The van der Waals surface area contributed by atoms with Crippen LogP contribution in [0, 0.1) is 6.92 Å². The van der Waals surface area contributed by atoms with Gasteiger partial charge < -0.3 is 5.11 Å². The maximum Gasteiger partial charge on any atom is 0.0860 e. The van der Waals surface area contributed by atoms with Crippen LogP contribution in [-0.2, 0) is 13.6 Å². The van der Waals surface area contributed by atoms with Gasteiger partial charge in [0.25, 0.3) is 0 Å². The normalized spacial score (nSPS) is 22.6. The number of aromatic nitrogens is 2. The van der Waals surface area contributed by atoms with Gasteiger partial charge in [-0.25, -0.2) is 0 Å². The highest BCUT2D eigenvalue weighted by molar-refractivity contribution is 6.31. The second-order valence-electron chi connectivity index (χ2n) is 4.50. The third-order valence-corrected chi connectivity index (χ3v) is 3.61. The first-order valence-electron chi connectivity index (χ1n) is 5.66. The van der Waals surface area contributed by atoms with Crippen molar-refractivity contribution in [3.8, 4) is 0 Å². The number of aryl methyl sites for hydroxylation is 2. The molecule has 1 fully saturated rings. The fourth-order valence-electron chi connectivity index (χ4n) is 2.24. The molecule has 16 heavy (non-hydrogen) atoms. The minimum absolute atomic E-state index is 0.193. The number of likely N-dealkylation sites (tertiary alicyclic amines) is 1. The van der Waals surface area contributed by atoms with Crippen molar-refractivity contribution in [2.45, 2.75) is 32.4 Å². The lowest BCUT2D eigenvalue weighted by atomic mass is 10.1. The number of rotatable bonds is 2. The van der Waals surface area contributed by atoms with E-state index in [1.54, 1.807) is 0 Å².